The summed E-state index contributed by atoms with van der Waals surface area (Å²) >= 11 is 0. The molecule has 0 aliphatic carbocycles. The molecular formula is C6H13N3. The predicted molar refractivity (Wildman–Crippen MR) is 39.6 cm³/mol. The van der Waals surface area contributed by atoms with Crippen molar-refractivity contribution in [2.24, 2.45) is 0 Å². The summed E-state index contributed by atoms with van der Waals surface area (Å²) in [6.07, 6.45) is 2.95. The first-order valence-corrected chi connectivity index (χ1v) is 2.96. The zero-order valence-electron chi connectivity index (χ0n) is 5.65. The molecule has 0 heterocycles. The standard InChI is InChI=1S/C6H13N3/c1-3-6(5-7)9-8-4-2/h3,5-9H,1,4H2,2H3. The highest BCUT2D eigenvalue weighted by atomic mass is 15.4. The van der Waals surface area contributed by atoms with E-state index in [9.17, 15) is 0 Å². The molecule has 0 saturated heterocycles. The Morgan fingerprint density at radius 3 is 2.78 bits per heavy atom. The van der Waals surface area contributed by atoms with Crippen molar-refractivity contribution in [2.45, 2.75) is 13.0 Å². The molecule has 0 aromatic rings. The minimum Gasteiger partial charge on any atom is -0.311 e. The topological polar surface area (TPSA) is 47.9 Å². The van der Waals surface area contributed by atoms with Crippen LogP contribution in [0.1, 0.15) is 6.92 Å². The Bertz CT molecular complexity index is 82.3. The number of hydrogen-bond acceptors (Lipinski definition) is 3. The molecule has 3 N–H and O–H groups in total. The van der Waals surface area contributed by atoms with Crippen LogP contribution in [0, 0.1) is 5.41 Å². The number of nitrogens with one attached hydrogen (secondary N) is 3. The first-order valence-electron chi connectivity index (χ1n) is 2.96. The van der Waals surface area contributed by atoms with Crippen LogP contribution in [0.3, 0.4) is 0 Å². The van der Waals surface area contributed by atoms with Crippen molar-refractivity contribution in [3.05, 3.63) is 12.7 Å². The Morgan fingerprint density at radius 1 is 1.78 bits per heavy atom. The SMILES string of the molecule is C=CC(C=N)NNCC. The molecule has 1 atom stereocenters. The van der Waals surface area contributed by atoms with E-state index in [0.29, 0.717) is 0 Å². The molecule has 0 bridgehead atoms. The number of hydrazine groups is 1. The molecule has 0 saturated carbocycles. The van der Waals surface area contributed by atoms with Gasteiger partial charge in [-0.2, -0.15) is 0 Å². The molecule has 0 aliphatic rings. The maximum atomic E-state index is 6.84. The molecule has 0 spiro atoms. The van der Waals surface area contributed by atoms with Crippen molar-refractivity contribution in [3.8, 4) is 0 Å². The zero-order chi connectivity index (χ0) is 7.11. The van der Waals surface area contributed by atoms with Crippen molar-refractivity contribution >= 4 is 6.21 Å². The lowest BCUT2D eigenvalue weighted by molar-refractivity contribution is 0.557. The fourth-order valence-electron chi connectivity index (χ4n) is 0.389. The highest BCUT2D eigenvalue weighted by molar-refractivity contribution is 5.63. The third-order valence-corrected chi connectivity index (χ3v) is 0.879. The highest BCUT2D eigenvalue weighted by Gasteiger charge is 1.92. The van der Waals surface area contributed by atoms with Crippen LogP contribution in [0.15, 0.2) is 12.7 Å². The third-order valence-electron chi connectivity index (χ3n) is 0.879. The number of rotatable bonds is 5. The van der Waals surface area contributed by atoms with Gasteiger partial charge in [-0.25, -0.2) is 5.43 Å². The monoisotopic (exact) mass is 127 g/mol. The average Bonchev–Trinajstić information content (AvgIpc) is 1.91. The Morgan fingerprint density at radius 2 is 2.44 bits per heavy atom. The van der Waals surface area contributed by atoms with Gasteiger partial charge in [0.05, 0.1) is 6.04 Å². The largest absolute Gasteiger partial charge is 0.311 e. The van der Waals surface area contributed by atoms with Crippen LogP contribution in [0.25, 0.3) is 0 Å². The second-order valence-electron chi connectivity index (χ2n) is 1.60. The molecule has 0 rings (SSSR count). The maximum Gasteiger partial charge on any atom is 0.0735 e. The Labute approximate surface area is 55.6 Å². The van der Waals surface area contributed by atoms with Gasteiger partial charge >= 0.3 is 0 Å². The van der Waals surface area contributed by atoms with Crippen molar-refractivity contribution in [3.63, 3.8) is 0 Å². The van der Waals surface area contributed by atoms with Crippen LogP contribution in [0.4, 0.5) is 0 Å². The van der Waals surface area contributed by atoms with Crippen LogP contribution in [-0.4, -0.2) is 18.8 Å². The van der Waals surface area contributed by atoms with Gasteiger partial charge in [0.2, 0.25) is 0 Å². The summed E-state index contributed by atoms with van der Waals surface area (Å²) in [5, 5.41) is 6.84. The molecular weight excluding hydrogens is 114 g/mol. The maximum absolute atomic E-state index is 6.84. The molecule has 9 heavy (non-hydrogen) atoms. The van der Waals surface area contributed by atoms with Crippen molar-refractivity contribution in [1.29, 1.82) is 5.41 Å². The first kappa shape index (κ1) is 8.33. The quantitative estimate of drug-likeness (QED) is 0.283. The van der Waals surface area contributed by atoms with E-state index in [4.69, 9.17) is 5.41 Å². The average molecular weight is 127 g/mol. The fraction of sp³-hybridized carbons (Fsp3) is 0.500. The van der Waals surface area contributed by atoms with E-state index >= 15 is 0 Å². The first-order chi connectivity index (χ1) is 4.35. The third kappa shape index (κ3) is 3.88. The molecule has 3 nitrogen and oxygen atoms in total. The minimum atomic E-state index is -0.0510. The van der Waals surface area contributed by atoms with E-state index in [-0.39, 0.29) is 6.04 Å². The molecule has 0 aromatic carbocycles. The van der Waals surface area contributed by atoms with Crippen LogP contribution in [-0.2, 0) is 0 Å². The van der Waals surface area contributed by atoms with Gasteiger partial charge < -0.3 is 5.41 Å². The lowest BCUT2D eigenvalue weighted by Gasteiger charge is -2.07. The van der Waals surface area contributed by atoms with E-state index in [1.165, 1.54) is 6.21 Å². The Balaban J connectivity index is 3.30. The summed E-state index contributed by atoms with van der Waals surface area (Å²) in [5.41, 5.74) is 5.74. The van der Waals surface area contributed by atoms with E-state index in [2.05, 4.69) is 17.4 Å². The summed E-state index contributed by atoms with van der Waals surface area (Å²) in [6, 6.07) is -0.0510. The van der Waals surface area contributed by atoms with Gasteiger partial charge in [0.15, 0.2) is 0 Å². The minimum absolute atomic E-state index is 0.0510. The van der Waals surface area contributed by atoms with Crippen molar-refractivity contribution in [2.75, 3.05) is 6.54 Å². The van der Waals surface area contributed by atoms with E-state index in [0.717, 1.165) is 6.54 Å². The predicted octanol–water partition coefficient (Wildman–Crippen LogP) is 0.305. The van der Waals surface area contributed by atoms with Gasteiger partial charge in [0.1, 0.15) is 0 Å². The number of hydrogen-bond donors (Lipinski definition) is 3. The van der Waals surface area contributed by atoms with E-state index in [1.807, 2.05) is 6.92 Å². The molecule has 0 amide bonds. The van der Waals surface area contributed by atoms with Gasteiger partial charge in [-0.1, -0.05) is 13.0 Å². The summed E-state index contributed by atoms with van der Waals surface area (Å²) in [4.78, 5) is 0. The van der Waals surface area contributed by atoms with Gasteiger partial charge in [-0.05, 0) is 0 Å². The molecule has 52 valence electrons. The van der Waals surface area contributed by atoms with E-state index in [1.54, 1.807) is 6.08 Å². The van der Waals surface area contributed by atoms with Crippen LogP contribution in [0.5, 0.6) is 0 Å². The lowest BCUT2D eigenvalue weighted by atomic mass is 10.3. The molecule has 3 heteroatoms. The van der Waals surface area contributed by atoms with Gasteiger partial charge in [-0.15, -0.1) is 6.58 Å². The van der Waals surface area contributed by atoms with Gasteiger partial charge in [-0.3, -0.25) is 5.43 Å². The summed E-state index contributed by atoms with van der Waals surface area (Å²) < 4.78 is 0. The normalized spacial score (nSPS) is 12.6. The Hall–Kier alpha value is -0.670. The summed E-state index contributed by atoms with van der Waals surface area (Å²) in [6.45, 7) is 6.36. The second-order valence-corrected chi connectivity index (χ2v) is 1.60. The zero-order valence-corrected chi connectivity index (χ0v) is 5.65. The molecule has 0 radical (unpaired) electrons. The lowest BCUT2D eigenvalue weighted by Crippen LogP contribution is -2.40. The van der Waals surface area contributed by atoms with Crippen molar-refractivity contribution in [1.82, 2.24) is 10.9 Å². The molecule has 1 unspecified atom stereocenters. The second kappa shape index (κ2) is 5.47. The van der Waals surface area contributed by atoms with Crippen LogP contribution >= 0.6 is 0 Å². The summed E-state index contributed by atoms with van der Waals surface area (Å²) in [5.74, 6) is 0. The smallest absolute Gasteiger partial charge is 0.0735 e. The van der Waals surface area contributed by atoms with Gasteiger partial charge in [0, 0.05) is 12.8 Å². The van der Waals surface area contributed by atoms with Gasteiger partial charge in [0.25, 0.3) is 0 Å². The van der Waals surface area contributed by atoms with Crippen LogP contribution in [0.2, 0.25) is 0 Å². The molecule has 0 fully saturated rings. The molecule has 0 aromatic heterocycles. The van der Waals surface area contributed by atoms with Crippen molar-refractivity contribution < 1.29 is 0 Å². The summed E-state index contributed by atoms with van der Waals surface area (Å²) in [7, 11) is 0. The molecule has 0 aliphatic heterocycles. The highest BCUT2D eigenvalue weighted by Crippen LogP contribution is 1.73. The van der Waals surface area contributed by atoms with Crippen LogP contribution < -0.4 is 10.9 Å². The fourth-order valence-corrected chi connectivity index (χ4v) is 0.389. The van der Waals surface area contributed by atoms with E-state index < -0.39 is 0 Å². The Kier molecular flexibility index (Phi) is 5.06.